The van der Waals surface area contributed by atoms with Crippen molar-refractivity contribution in [3.8, 4) is 5.75 Å². The molecule has 0 aliphatic heterocycles. The Hall–Kier alpha value is -3.06. The highest BCUT2D eigenvalue weighted by molar-refractivity contribution is 6.45. The van der Waals surface area contributed by atoms with E-state index in [9.17, 15) is 9.59 Å². The van der Waals surface area contributed by atoms with Gasteiger partial charge in [0.1, 0.15) is 12.4 Å². The molecule has 0 aromatic heterocycles. The summed E-state index contributed by atoms with van der Waals surface area (Å²) in [5.74, 6) is -1.18. The number of carbonyl (C=O) groups excluding carboxylic acids is 2. The van der Waals surface area contributed by atoms with Gasteiger partial charge in [0.2, 0.25) is 0 Å². The average Bonchev–Trinajstić information content (AvgIpc) is 2.80. The van der Waals surface area contributed by atoms with Crippen LogP contribution in [0.3, 0.4) is 0 Å². The quantitative estimate of drug-likeness (QED) is 0.264. The summed E-state index contributed by atoms with van der Waals surface area (Å²) in [6.07, 6.45) is 0. The van der Waals surface area contributed by atoms with Crippen molar-refractivity contribution in [3.63, 3.8) is 0 Å². The Labute approximate surface area is 200 Å². The zero-order valence-electron chi connectivity index (χ0n) is 16.9. The second-order valence-corrected chi connectivity index (χ2v) is 7.85. The van der Waals surface area contributed by atoms with Gasteiger partial charge in [-0.15, -0.1) is 0 Å². The lowest BCUT2D eigenvalue weighted by Crippen LogP contribution is -2.33. The summed E-state index contributed by atoms with van der Waals surface area (Å²) in [7, 11) is 0. The third-order valence-corrected chi connectivity index (χ3v) is 5.39. The minimum Gasteiger partial charge on any atom is -0.489 e. The lowest BCUT2D eigenvalue weighted by Gasteiger charge is -2.08. The Morgan fingerprint density at radius 2 is 1.59 bits per heavy atom. The highest BCUT2D eigenvalue weighted by Crippen LogP contribution is 2.29. The van der Waals surface area contributed by atoms with E-state index < -0.39 is 11.8 Å². The number of hydrogen-bond donors (Lipinski definition) is 2. The number of halogens is 3. The van der Waals surface area contributed by atoms with Crippen LogP contribution in [0, 0.1) is 0 Å². The SMILES string of the molecule is CC(=NNC(=O)C(=O)Nc1cccc(Cl)c1Cl)c1ccc(OCc2ccc(Cl)cc2)cc1. The maximum atomic E-state index is 12.1. The summed E-state index contributed by atoms with van der Waals surface area (Å²) in [5.41, 5.74) is 4.71. The van der Waals surface area contributed by atoms with Crippen LogP contribution in [0.25, 0.3) is 0 Å². The van der Waals surface area contributed by atoms with Crippen LogP contribution in [0.2, 0.25) is 15.1 Å². The molecule has 0 atom stereocenters. The molecule has 0 aliphatic carbocycles. The predicted octanol–water partition coefficient (Wildman–Crippen LogP) is 5.70. The smallest absolute Gasteiger partial charge is 0.329 e. The minimum atomic E-state index is -0.941. The van der Waals surface area contributed by atoms with Gasteiger partial charge in [-0.1, -0.05) is 53.0 Å². The van der Waals surface area contributed by atoms with Crippen LogP contribution in [-0.4, -0.2) is 17.5 Å². The topological polar surface area (TPSA) is 79.8 Å². The molecule has 0 unspecified atom stereocenters. The number of hydrazone groups is 1. The molecule has 9 heteroatoms. The van der Waals surface area contributed by atoms with E-state index >= 15 is 0 Å². The fraction of sp³-hybridized carbons (Fsp3) is 0.0870. The highest BCUT2D eigenvalue weighted by atomic mass is 35.5. The summed E-state index contributed by atoms with van der Waals surface area (Å²) < 4.78 is 5.75. The molecule has 6 nitrogen and oxygen atoms in total. The summed E-state index contributed by atoms with van der Waals surface area (Å²) in [5, 5.41) is 7.45. The average molecular weight is 491 g/mol. The van der Waals surface area contributed by atoms with Gasteiger partial charge < -0.3 is 10.1 Å². The molecule has 0 saturated carbocycles. The fourth-order valence-electron chi connectivity index (χ4n) is 2.57. The molecule has 0 fully saturated rings. The Morgan fingerprint density at radius 1 is 0.906 bits per heavy atom. The molecule has 164 valence electrons. The number of carbonyl (C=O) groups is 2. The first-order valence-corrected chi connectivity index (χ1v) is 10.5. The molecule has 3 aromatic carbocycles. The molecule has 2 N–H and O–H groups in total. The van der Waals surface area contributed by atoms with Crippen LogP contribution < -0.4 is 15.5 Å². The van der Waals surface area contributed by atoms with Crippen molar-refractivity contribution in [3.05, 3.63) is 92.9 Å². The van der Waals surface area contributed by atoms with Gasteiger partial charge in [-0.05, 0) is 66.6 Å². The lowest BCUT2D eigenvalue weighted by molar-refractivity contribution is -0.136. The van der Waals surface area contributed by atoms with Crippen molar-refractivity contribution < 1.29 is 14.3 Å². The number of rotatable bonds is 6. The highest BCUT2D eigenvalue weighted by Gasteiger charge is 2.15. The van der Waals surface area contributed by atoms with E-state index in [4.69, 9.17) is 39.5 Å². The van der Waals surface area contributed by atoms with Gasteiger partial charge >= 0.3 is 11.8 Å². The maximum Gasteiger partial charge on any atom is 0.329 e. The van der Waals surface area contributed by atoms with Gasteiger partial charge in [0.15, 0.2) is 0 Å². The molecular weight excluding hydrogens is 473 g/mol. The Balaban J connectivity index is 1.54. The Bertz CT molecular complexity index is 1150. The number of nitrogens with one attached hydrogen (secondary N) is 2. The van der Waals surface area contributed by atoms with Crippen molar-refractivity contribution >= 4 is 58.0 Å². The van der Waals surface area contributed by atoms with Gasteiger partial charge in [0, 0.05) is 5.02 Å². The molecule has 3 rings (SSSR count). The number of amides is 2. The second kappa shape index (κ2) is 11.0. The van der Waals surface area contributed by atoms with Gasteiger partial charge in [0.25, 0.3) is 0 Å². The third kappa shape index (κ3) is 6.47. The second-order valence-electron chi connectivity index (χ2n) is 6.63. The molecule has 0 saturated heterocycles. The maximum absolute atomic E-state index is 12.1. The monoisotopic (exact) mass is 489 g/mol. The number of benzene rings is 3. The number of nitrogens with zero attached hydrogens (tertiary/aromatic N) is 1. The van der Waals surface area contributed by atoms with Gasteiger partial charge in [-0.25, -0.2) is 5.43 Å². The van der Waals surface area contributed by atoms with Gasteiger partial charge in [0.05, 0.1) is 21.4 Å². The van der Waals surface area contributed by atoms with Crippen LogP contribution in [-0.2, 0) is 16.2 Å². The summed E-state index contributed by atoms with van der Waals surface area (Å²) in [6.45, 7) is 2.11. The Morgan fingerprint density at radius 3 is 2.28 bits per heavy atom. The van der Waals surface area contributed by atoms with Crippen molar-refractivity contribution in [1.82, 2.24) is 5.43 Å². The van der Waals surface area contributed by atoms with Crippen LogP contribution in [0.4, 0.5) is 5.69 Å². The van der Waals surface area contributed by atoms with Crippen LogP contribution in [0.1, 0.15) is 18.1 Å². The van der Waals surface area contributed by atoms with E-state index in [1.165, 1.54) is 6.07 Å². The predicted molar refractivity (Wildman–Crippen MR) is 128 cm³/mol. The van der Waals surface area contributed by atoms with Crippen LogP contribution in [0.15, 0.2) is 71.8 Å². The van der Waals surface area contributed by atoms with Crippen molar-refractivity contribution in [2.45, 2.75) is 13.5 Å². The summed E-state index contributed by atoms with van der Waals surface area (Å²) in [6, 6.07) is 19.3. The van der Waals surface area contributed by atoms with E-state index in [1.54, 1.807) is 55.5 Å². The first kappa shape index (κ1) is 23.6. The number of ether oxygens (including phenoxy) is 1. The molecule has 0 heterocycles. The fourth-order valence-corrected chi connectivity index (χ4v) is 3.04. The first-order valence-electron chi connectivity index (χ1n) is 9.41. The minimum absolute atomic E-state index is 0.147. The van der Waals surface area contributed by atoms with Gasteiger partial charge in [-0.3, -0.25) is 9.59 Å². The molecule has 32 heavy (non-hydrogen) atoms. The first-order chi connectivity index (χ1) is 15.3. The summed E-state index contributed by atoms with van der Waals surface area (Å²) >= 11 is 17.8. The standard InChI is InChI=1S/C23H18Cl3N3O3/c1-14(28-29-23(31)22(30)27-20-4-2-3-19(25)21(20)26)16-7-11-18(12-8-16)32-13-15-5-9-17(24)10-6-15/h2-12H,13H2,1H3,(H,27,30)(H,29,31). The van der Waals surface area contributed by atoms with Crippen LogP contribution >= 0.6 is 34.8 Å². The lowest BCUT2D eigenvalue weighted by atomic mass is 10.1. The zero-order valence-corrected chi connectivity index (χ0v) is 19.1. The van der Waals surface area contributed by atoms with E-state index in [0.29, 0.717) is 23.1 Å². The van der Waals surface area contributed by atoms with Gasteiger partial charge in [-0.2, -0.15) is 5.10 Å². The van der Waals surface area contributed by atoms with Crippen LogP contribution in [0.5, 0.6) is 5.75 Å². The Kier molecular flexibility index (Phi) is 8.11. The zero-order chi connectivity index (χ0) is 23.1. The molecule has 0 spiro atoms. The molecule has 0 bridgehead atoms. The van der Waals surface area contributed by atoms with Crippen molar-refractivity contribution in [1.29, 1.82) is 0 Å². The molecular formula is C23H18Cl3N3O3. The number of anilines is 1. The van der Waals surface area contributed by atoms with Crippen molar-refractivity contribution in [2.24, 2.45) is 5.10 Å². The summed E-state index contributed by atoms with van der Waals surface area (Å²) in [4.78, 5) is 24.1. The number of hydrogen-bond acceptors (Lipinski definition) is 4. The van der Waals surface area contributed by atoms with E-state index in [0.717, 1.165) is 11.1 Å². The molecule has 2 amide bonds. The third-order valence-electron chi connectivity index (χ3n) is 4.32. The van der Waals surface area contributed by atoms with Crippen molar-refractivity contribution in [2.75, 3.05) is 5.32 Å². The molecule has 0 aliphatic rings. The largest absolute Gasteiger partial charge is 0.489 e. The van der Waals surface area contributed by atoms with E-state index in [2.05, 4.69) is 15.8 Å². The van der Waals surface area contributed by atoms with E-state index in [-0.39, 0.29) is 15.7 Å². The molecule has 3 aromatic rings. The normalized spacial score (nSPS) is 11.1. The van der Waals surface area contributed by atoms with E-state index in [1.807, 2.05) is 12.1 Å². The molecule has 0 radical (unpaired) electrons.